The zero-order valence-corrected chi connectivity index (χ0v) is 19.0. The zero-order chi connectivity index (χ0) is 21.5. The molecule has 0 spiro atoms. The Kier molecular flexibility index (Phi) is 9.02. The Morgan fingerprint density at radius 1 is 0.935 bits per heavy atom. The van der Waals surface area contributed by atoms with E-state index < -0.39 is 6.10 Å². The van der Waals surface area contributed by atoms with Gasteiger partial charge in [-0.3, -0.25) is 9.69 Å². The number of ether oxygens (including phenoxy) is 3. The van der Waals surface area contributed by atoms with Crippen LogP contribution >= 0.6 is 0 Å². The van der Waals surface area contributed by atoms with Gasteiger partial charge in [-0.2, -0.15) is 0 Å². The molecule has 4 aliphatic rings. The molecule has 0 unspecified atom stereocenters. The Hall–Kier alpha value is -0.730. The van der Waals surface area contributed by atoms with E-state index in [1.807, 2.05) is 0 Å². The Morgan fingerprint density at radius 3 is 2.55 bits per heavy atom. The van der Waals surface area contributed by atoms with Crippen molar-refractivity contribution < 1.29 is 24.1 Å². The molecule has 0 radical (unpaired) electrons. The highest BCUT2D eigenvalue weighted by Gasteiger charge is 2.38. The van der Waals surface area contributed by atoms with Crippen molar-refractivity contribution in [1.29, 1.82) is 0 Å². The molecule has 4 fully saturated rings. The normalized spacial score (nSPS) is 34.5. The molecule has 3 heterocycles. The standard InChI is InChI=1S/C24H42N2O5/c27-20-15-26(14-19-8-10-29-11-9-19)22-7-6-21(31-23(22)17-30-16-20)12-24(28)25-13-18-4-2-1-3-5-18/h18-23,27H,1-17H2,(H,25,28)/t20-,21+,22-,23+/m1/s1. The molecule has 0 aromatic carbocycles. The summed E-state index contributed by atoms with van der Waals surface area (Å²) in [4.78, 5) is 15.0. The maximum absolute atomic E-state index is 12.5. The average Bonchev–Trinajstić information content (AvgIpc) is 2.78. The Balaban J connectivity index is 1.27. The van der Waals surface area contributed by atoms with Gasteiger partial charge in [0.05, 0.1) is 37.9 Å². The van der Waals surface area contributed by atoms with Gasteiger partial charge in [-0.05, 0) is 50.4 Å². The molecule has 1 saturated carbocycles. The summed E-state index contributed by atoms with van der Waals surface area (Å²) in [6.45, 7) is 4.96. The van der Waals surface area contributed by atoms with Crippen LogP contribution in [0.15, 0.2) is 0 Å². The summed E-state index contributed by atoms with van der Waals surface area (Å²) in [5.41, 5.74) is 0. The fourth-order valence-corrected chi connectivity index (χ4v) is 5.84. The van der Waals surface area contributed by atoms with E-state index in [-0.39, 0.29) is 24.2 Å². The van der Waals surface area contributed by atoms with Gasteiger partial charge in [0.2, 0.25) is 5.91 Å². The Morgan fingerprint density at radius 2 is 1.74 bits per heavy atom. The predicted molar refractivity (Wildman–Crippen MR) is 118 cm³/mol. The van der Waals surface area contributed by atoms with Crippen LogP contribution in [0.3, 0.4) is 0 Å². The summed E-state index contributed by atoms with van der Waals surface area (Å²) in [6, 6.07) is 0.249. The van der Waals surface area contributed by atoms with Crippen LogP contribution in [-0.4, -0.2) is 86.3 Å². The van der Waals surface area contributed by atoms with Crippen LogP contribution in [0.1, 0.15) is 64.2 Å². The molecule has 1 aliphatic carbocycles. The van der Waals surface area contributed by atoms with E-state index in [1.54, 1.807) is 0 Å². The lowest BCUT2D eigenvalue weighted by Gasteiger charge is -2.45. The molecule has 0 bridgehead atoms. The fourth-order valence-electron chi connectivity index (χ4n) is 5.84. The maximum Gasteiger partial charge on any atom is 0.222 e. The van der Waals surface area contributed by atoms with Crippen LogP contribution < -0.4 is 5.32 Å². The van der Waals surface area contributed by atoms with Crippen molar-refractivity contribution in [2.24, 2.45) is 11.8 Å². The molecule has 7 heteroatoms. The molecule has 178 valence electrons. The van der Waals surface area contributed by atoms with Crippen LogP contribution in [0.2, 0.25) is 0 Å². The first-order valence-corrected chi connectivity index (χ1v) is 12.7. The minimum Gasteiger partial charge on any atom is -0.389 e. The molecular weight excluding hydrogens is 396 g/mol. The number of β-amino-alcohol motifs (C(OH)–C–C–N with tert-alkyl or cyclic N) is 1. The first-order chi connectivity index (χ1) is 15.2. The van der Waals surface area contributed by atoms with Gasteiger partial charge in [0.1, 0.15) is 0 Å². The lowest BCUT2D eigenvalue weighted by Crippen LogP contribution is -2.57. The Labute approximate surface area is 187 Å². The summed E-state index contributed by atoms with van der Waals surface area (Å²) in [5, 5.41) is 13.5. The van der Waals surface area contributed by atoms with E-state index in [9.17, 15) is 9.90 Å². The van der Waals surface area contributed by atoms with Crippen LogP contribution in [0.25, 0.3) is 0 Å². The molecule has 2 N–H and O–H groups in total. The van der Waals surface area contributed by atoms with Crippen LogP contribution in [0.4, 0.5) is 0 Å². The minimum atomic E-state index is -0.455. The van der Waals surface area contributed by atoms with Crippen LogP contribution in [0, 0.1) is 11.8 Å². The number of nitrogens with one attached hydrogen (secondary N) is 1. The van der Waals surface area contributed by atoms with Crippen molar-refractivity contribution in [3.8, 4) is 0 Å². The topological polar surface area (TPSA) is 80.3 Å². The summed E-state index contributed by atoms with van der Waals surface area (Å²) in [7, 11) is 0. The van der Waals surface area contributed by atoms with Crippen molar-refractivity contribution in [3.05, 3.63) is 0 Å². The van der Waals surface area contributed by atoms with Gasteiger partial charge in [0.15, 0.2) is 0 Å². The van der Waals surface area contributed by atoms with Gasteiger partial charge < -0.3 is 24.6 Å². The van der Waals surface area contributed by atoms with E-state index in [2.05, 4.69) is 10.2 Å². The molecule has 4 atom stereocenters. The number of carbonyl (C=O) groups is 1. The quantitative estimate of drug-likeness (QED) is 0.661. The van der Waals surface area contributed by atoms with E-state index in [0.717, 1.165) is 52.0 Å². The van der Waals surface area contributed by atoms with E-state index in [4.69, 9.17) is 14.2 Å². The number of hydrogen-bond donors (Lipinski definition) is 2. The molecule has 3 saturated heterocycles. The van der Waals surface area contributed by atoms with Gasteiger partial charge in [0, 0.05) is 38.9 Å². The Bertz CT molecular complexity index is 550. The predicted octanol–water partition coefficient (Wildman–Crippen LogP) is 2.11. The van der Waals surface area contributed by atoms with Crippen molar-refractivity contribution in [3.63, 3.8) is 0 Å². The van der Waals surface area contributed by atoms with Gasteiger partial charge in [-0.25, -0.2) is 0 Å². The molecule has 0 aromatic rings. The number of aliphatic hydroxyl groups excluding tert-OH is 1. The first-order valence-electron chi connectivity index (χ1n) is 12.7. The number of carbonyl (C=O) groups excluding carboxylic acids is 1. The maximum atomic E-state index is 12.5. The van der Waals surface area contributed by atoms with Crippen molar-refractivity contribution in [2.45, 2.75) is 88.6 Å². The summed E-state index contributed by atoms with van der Waals surface area (Å²) < 4.78 is 17.7. The SMILES string of the molecule is O=C(C[C@@H]1CC[C@@H]2[C@H](COC[C@H](O)CN2CC2CCOCC2)O1)NCC1CCCCC1. The second kappa shape index (κ2) is 11.9. The lowest BCUT2D eigenvalue weighted by molar-refractivity contribution is -0.159. The van der Waals surface area contributed by atoms with E-state index in [1.165, 1.54) is 32.1 Å². The number of hydrogen-bond acceptors (Lipinski definition) is 6. The first kappa shape index (κ1) is 23.4. The average molecular weight is 439 g/mol. The number of aliphatic hydroxyl groups is 1. The third kappa shape index (κ3) is 7.13. The number of nitrogens with zero attached hydrogens (tertiary/aromatic N) is 1. The molecule has 3 aliphatic heterocycles. The second-order valence-electron chi connectivity index (χ2n) is 10.2. The molecule has 31 heavy (non-hydrogen) atoms. The van der Waals surface area contributed by atoms with E-state index >= 15 is 0 Å². The summed E-state index contributed by atoms with van der Waals surface area (Å²) >= 11 is 0. The van der Waals surface area contributed by atoms with Crippen LogP contribution in [-0.2, 0) is 19.0 Å². The highest BCUT2D eigenvalue weighted by molar-refractivity contribution is 5.76. The molecular formula is C24H42N2O5. The van der Waals surface area contributed by atoms with Crippen molar-refractivity contribution >= 4 is 5.91 Å². The van der Waals surface area contributed by atoms with Crippen molar-refractivity contribution in [2.75, 3.05) is 46.1 Å². The van der Waals surface area contributed by atoms with E-state index in [0.29, 0.717) is 38.0 Å². The molecule has 0 aromatic heterocycles. The number of rotatable bonds is 6. The number of amides is 1. The highest BCUT2D eigenvalue weighted by atomic mass is 16.5. The smallest absolute Gasteiger partial charge is 0.222 e. The molecule has 4 rings (SSSR count). The van der Waals surface area contributed by atoms with Gasteiger partial charge in [-0.15, -0.1) is 0 Å². The lowest BCUT2D eigenvalue weighted by atomic mass is 9.89. The second-order valence-corrected chi connectivity index (χ2v) is 10.2. The third-order valence-electron chi connectivity index (χ3n) is 7.65. The van der Waals surface area contributed by atoms with Gasteiger partial charge in [-0.1, -0.05) is 19.3 Å². The largest absolute Gasteiger partial charge is 0.389 e. The highest BCUT2D eigenvalue weighted by Crippen LogP contribution is 2.29. The summed E-state index contributed by atoms with van der Waals surface area (Å²) in [6.07, 6.45) is 10.4. The monoisotopic (exact) mass is 438 g/mol. The summed E-state index contributed by atoms with van der Waals surface area (Å²) in [5.74, 6) is 1.39. The van der Waals surface area contributed by atoms with Gasteiger partial charge >= 0.3 is 0 Å². The minimum absolute atomic E-state index is 0.0303. The zero-order valence-electron chi connectivity index (χ0n) is 19.0. The fraction of sp³-hybridized carbons (Fsp3) is 0.958. The van der Waals surface area contributed by atoms with Crippen molar-refractivity contribution in [1.82, 2.24) is 10.2 Å². The van der Waals surface area contributed by atoms with Gasteiger partial charge in [0.25, 0.3) is 0 Å². The third-order valence-corrected chi connectivity index (χ3v) is 7.65. The number of fused-ring (bicyclic) bond motifs is 1. The molecule has 7 nitrogen and oxygen atoms in total. The molecule has 1 amide bonds. The van der Waals surface area contributed by atoms with Crippen LogP contribution in [0.5, 0.6) is 0 Å².